The van der Waals surface area contributed by atoms with Crippen LogP contribution < -0.4 is 5.73 Å². The molecule has 34 heavy (non-hydrogen) atoms. The highest BCUT2D eigenvalue weighted by Gasteiger charge is 2.30. The number of hydrogen-bond donors (Lipinski definition) is 1. The van der Waals surface area contributed by atoms with E-state index < -0.39 is 5.60 Å². The third-order valence-corrected chi connectivity index (χ3v) is 6.08. The van der Waals surface area contributed by atoms with Crippen molar-refractivity contribution in [3.63, 3.8) is 0 Å². The summed E-state index contributed by atoms with van der Waals surface area (Å²) in [5, 5.41) is 0. The monoisotopic (exact) mass is 466 g/mol. The van der Waals surface area contributed by atoms with Crippen LogP contribution in [0.25, 0.3) is 0 Å². The number of carbonyl (C=O) groups is 2. The van der Waals surface area contributed by atoms with Gasteiger partial charge >= 0.3 is 6.09 Å². The van der Waals surface area contributed by atoms with Gasteiger partial charge in [-0.15, -0.1) is 0 Å². The quantitative estimate of drug-likeness (QED) is 0.639. The molecule has 0 saturated carbocycles. The lowest BCUT2D eigenvalue weighted by Crippen LogP contribution is -2.51. The van der Waals surface area contributed by atoms with Crippen LogP contribution in [0.3, 0.4) is 0 Å². The first-order valence-electron chi connectivity index (χ1n) is 12.1. The summed E-state index contributed by atoms with van der Waals surface area (Å²) in [6.45, 7) is 13.6. The summed E-state index contributed by atoms with van der Waals surface area (Å²) in [5.74, 6) is 0.0445. The van der Waals surface area contributed by atoms with E-state index in [1.165, 1.54) is 0 Å². The summed E-state index contributed by atoms with van der Waals surface area (Å²) >= 11 is 0. The van der Waals surface area contributed by atoms with Crippen LogP contribution in [0.15, 0.2) is 48.5 Å². The number of amides is 2. The number of nitrogen functional groups attached to an aromatic ring is 1. The Hall–Kier alpha value is -3.06. The smallest absolute Gasteiger partial charge is 0.410 e. The van der Waals surface area contributed by atoms with Crippen molar-refractivity contribution >= 4 is 17.7 Å². The van der Waals surface area contributed by atoms with Crippen LogP contribution in [-0.2, 0) is 4.74 Å². The highest BCUT2D eigenvalue weighted by atomic mass is 16.6. The summed E-state index contributed by atoms with van der Waals surface area (Å²) in [6.07, 6.45) is -0.271. The first-order valence-corrected chi connectivity index (χ1v) is 12.1. The number of benzene rings is 2. The van der Waals surface area contributed by atoms with Crippen molar-refractivity contribution in [2.45, 2.75) is 46.3 Å². The zero-order valence-electron chi connectivity index (χ0n) is 21.1. The summed E-state index contributed by atoms with van der Waals surface area (Å²) < 4.78 is 5.55. The van der Waals surface area contributed by atoms with Crippen LogP contribution >= 0.6 is 0 Å². The number of carbonyl (C=O) groups excluding carboxylic acids is 2. The van der Waals surface area contributed by atoms with Gasteiger partial charge in [0.25, 0.3) is 5.91 Å². The van der Waals surface area contributed by atoms with Crippen LogP contribution in [0, 0.1) is 0 Å². The molecule has 1 fully saturated rings. The van der Waals surface area contributed by atoms with Gasteiger partial charge in [0, 0.05) is 50.5 Å². The number of nitrogens with zero attached hydrogens (tertiary/aromatic N) is 3. The Labute approximate surface area is 203 Å². The van der Waals surface area contributed by atoms with Crippen LogP contribution in [-0.4, -0.2) is 71.6 Å². The van der Waals surface area contributed by atoms with E-state index in [1.807, 2.05) is 82.0 Å². The van der Waals surface area contributed by atoms with Crippen LogP contribution in [0.1, 0.15) is 62.1 Å². The highest BCUT2D eigenvalue weighted by molar-refractivity contribution is 5.94. The minimum absolute atomic E-state index is 0.0260. The molecule has 0 aliphatic carbocycles. The maximum absolute atomic E-state index is 12.8. The van der Waals surface area contributed by atoms with Crippen molar-refractivity contribution in [3.8, 4) is 0 Å². The van der Waals surface area contributed by atoms with E-state index in [0.717, 1.165) is 11.1 Å². The second-order valence-corrected chi connectivity index (χ2v) is 9.68. The lowest BCUT2D eigenvalue weighted by Gasteiger charge is -2.40. The zero-order valence-corrected chi connectivity index (χ0v) is 21.1. The van der Waals surface area contributed by atoms with Crippen molar-refractivity contribution < 1.29 is 14.3 Å². The fourth-order valence-corrected chi connectivity index (χ4v) is 4.33. The van der Waals surface area contributed by atoms with Crippen molar-refractivity contribution in [1.29, 1.82) is 0 Å². The standard InChI is InChI=1S/C27H38N4O3/c1-6-29(7-2)25(32)21-13-11-20(12-14-21)24(22-9-8-10-23(28)19-22)30-15-17-31(18-16-30)26(33)34-27(3,4)5/h8-14,19,24H,6-7,15-18,28H2,1-5H3/t24-/m1/s1. The molecule has 3 rings (SSSR count). The Morgan fingerprint density at radius 3 is 2.12 bits per heavy atom. The van der Waals surface area contributed by atoms with Crippen molar-refractivity contribution in [2.24, 2.45) is 0 Å². The maximum Gasteiger partial charge on any atom is 0.410 e. The number of rotatable bonds is 6. The molecule has 2 N–H and O–H groups in total. The van der Waals surface area contributed by atoms with Gasteiger partial charge in [0.1, 0.15) is 5.60 Å². The van der Waals surface area contributed by atoms with E-state index >= 15 is 0 Å². The maximum atomic E-state index is 12.8. The molecule has 2 aromatic rings. The van der Waals surface area contributed by atoms with Crippen molar-refractivity contribution in [2.75, 3.05) is 45.0 Å². The molecule has 1 atom stereocenters. The van der Waals surface area contributed by atoms with Crippen molar-refractivity contribution in [3.05, 3.63) is 65.2 Å². The van der Waals surface area contributed by atoms with Gasteiger partial charge < -0.3 is 20.3 Å². The molecule has 7 heteroatoms. The molecule has 0 radical (unpaired) electrons. The van der Waals surface area contributed by atoms with E-state index in [9.17, 15) is 9.59 Å². The van der Waals surface area contributed by atoms with E-state index in [1.54, 1.807) is 4.90 Å². The molecule has 0 bridgehead atoms. The SMILES string of the molecule is CCN(CC)C(=O)c1ccc([C@H](c2cccc(N)c2)N2CCN(C(=O)OC(C)(C)C)CC2)cc1. The lowest BCUT2D eigenvalue weighted by molar-refractivity contribution is 0.0119. The molecule has 2 amide bonds. The number of piperazine rings is 1. The van der Waals surface area contributed by atoms with E-state index in [4.69, 9.17) is 10.5 Å². The van der Waals surface area contributed by atoms with Gasteiger partial charge in [-0.2, -0.15) is 0 Å². The second kappa shape index (κ2) is 10.9. The number of hydrogen-bond acceptors (Lipinski definition) is 5. The lowest BCUT2D eigenvalue weighted by atomic mass is 9.95. The fraction of sp³-hybridized carbons (Fsp3) is 0.481. The van der Waals surface area contributed by atoms with E-state index in [-0.39, 0.29) is 18.0 Å². The molecule has 1 aliphatic heterocycles. The summed E-state index contributed by atoms with van der Waals surface area (Å²) in [7, 11) is 0. The third-order valence-electron chi connectivity index (χ3n) is 6.08. The molecule has 1 aliphatic rings. The van der Waals surface area contributed by atoms with Crippen LogP contribution in [0.5, 0.6) is 0 Å². The Morgan fingerprint density at radius 1 is 0.971 bits per heavy atom. The van der Waals surface area contributed by atoms with Gasteiger partial charge in [0.15, 0.2) is 0 Å². The number of anilines is 1. The first-order chi connectivity index (χ1) is 16.1. The fourth-order valence-electron chi connectivity index (χ4n) is 4.33. The summed E-state index contributed by atoms with van der Waals surface area (Å²) in [6, 6.07) is 15.8. The molecule has 0 spiro atoms. The molecular formula is C27H38N4O3. The van der Waals surface area contributed by atoms with Crippen LogP contribution in [0.2, 0.25) is 0 Å². The minimum Gasteiger partial charge on any atom is -0.444 e. The molecule has 0 unspecified atom stereocenters. The Bertz CT molecular complexity index is 972. The Kier molecular flexibility index (Phi) is 8.20. The summed E-state index contributed by atoms with van der Waals surface area (Å²) in [4.78, 5) is 31.2. The minimum atomic E-state index is -0.511. The largest absolute Gasteiger partial charge is 0.444 e. The molecule has 2 aromatic carbocycles. The topological polar surface area (TPSA) is 79.1 Å². The molecule has 1 heterocycles. The highest BCUT2D eigenvalue weighted by Crippen LogP contribution is 2.31. The van der Waals surface area contributed by atoms with Crippen LogP contribution in [0.4, 0.5) is 10.5 Å². The van der Waals surface area contributed by atoms with Gasteiger partial charge in [-0.3, -0.25) is 9.69 Å². The Balaban J connectivity index is 1.82. The molecular weight excluding hydrogens is 428 g/mol. The van der Waals surface area contributed by atoms with Gasteiger partial charge in [-0.1, -0.05) is 24.3 Å². The molecule has 7 nitrogen and oxygen atoms in total. The number of nitrogens with two attached hydrogens (primary N) is 1. The average molecular weight is 467 g/mol. The predicted molar refractivity (Wildman–Crippen MR) is 136 cm³/mol. The molecule has 184 valence electrons. The summed E-state index contributed by atoms with van der Waals surface area (Å²) in [5.41, 5.74) is 9.18. The van der Waals surface area contributed by atoms with E-state index in [2.05, 4.69) is 11.0 Å². The predicted octanol–water partition coefficient (Wildman–Crippen LogP) is 4.39. The molecule has 0 aromatic heterocycles. The molecule has 1 saturated heterocycles. The van der Waals surface area contributed by atoms with Gasteiger partial charge in [0.2, 0.25) is 0 Å². The van der Waals surface area contributed by atoms with Gasteiger partial charge in [-0.25, -0.2) is 4.79 Å². The zero-order chi connectivity index (χ0) is 24.9. The normalized spacial score (nSPS) is 15.6. The average Bonchev–Trinajstić information content (AvgIpc) is 2.80. The third kappa shape index (κ3) is 6.29. The van der Waals surface area contributed by atoms with Gasteiger partial charge in [0.05, 0.1) is 6.04 Å². The number of ether oxygens (including phenoxy) is 1. The van der Waals surface area contributed by atoms with Crippen molar-refractivity contribution in [1.82, 2.24) is 14.7 Å². The Morgan fingerprint density at radius 2 is 1.59 bits per heavy atom. The van der Waals surface area contributed by atoms with Gasteiger partial charge in [-0.05, 0) is 70.0 Å². The second-order valence-electron chi connectivity index (χ2n) is 9.68. The first kappa shape index (κ1) is 25.6. The van der Waals surface area contributed by atoms with E-state index in [0.29, 0.717) is 50.5 Å².